The number of fused-ring (bicyclic) bond motifs is 1. The minimum atomic E-state index is 0. The van der Waals surface area contributed by atoms with Crippen molar-refractivity contribution in [3.63, 3.8) is 0 Å². The van der Waals surface area contributed by atoms with Crippen LogP contribution in [0.2, 0.25) is 0 Å². The van der Waals surface area contributed by atoms with Gasteiger partial charge < -0.3 is 18.1 Å². The van der Waals surface area contributed by atoms with Gasteiger partial charge in [-0.2, -0.15) is 0 Å². The average Bonchev–Trinajstić information content (AvgIpc) is 2.05. The molecule has 0 bridgehead atoms. The molecule has 0 aromatic heterocycles. The second-order valence-corrected chi connectivity index (χ2v) is 3.88. The Morgan fingerprint density at radius 3 is 2.85 bits per heavy atom. The Bertz CT molecular complexity index is 296. The second kappa shape index (κ2) is 4.12. The minimum Gasteiger partial charge on any atom is -1.00 e. The predicted octanol–water partition coefficient (Wildman–Crippen LogP) is -1.90. The van der Waals surface area contributed by atoms with Crippen molar-refractivity contribution in [2.75, 3.05) is 0 Å². The van der Waals surface area contributed by atoms with Gasteiger partial charge >= 0.3 is 0 Å². The van der Waals surface area contributed by atoms with E-state index in [1.54, 1.807) is 5.56 Å². The van der Waals surface area contributed by atoms with E-state index in [0.717, 1.165) is 0 Å². The van der Waals surface area contributed by atoms with Gasteiger partial charge in [-0.25, -0.2) is 0 Å². The van der Waals surface area contributed by atoms with Gasteiger partial charge in [0.1, 0.15) is 0 Å². The number of quaternary nitrogens is 1. The highest BCUT2D eigenvalue weighted by atomic mass is 35.5. The zero-order chi connectivity index (χ0) is 8.55. The van der Waals surface area contributed by atoms with Gasteiger partial charge in [0.25, 0.3) is 0 Å². The Kier molecular flexibility index (Phi) is 3.34. The van der Waals surface area contributed by atoms with Crippen LogP contribution in [0.25, 0.3) is 0 Å². The summed E-state index contributed by atoms with van der Waals surface area (Å²) in [6.07, 6.45) is 3.66. The molecule has 1 aromatic carbocycles. The number of rotatable bonds is 0. The van der Waals surface area contributed by atoms with Crippen LogP contribution in [0.1, 0.15) is 23.1 Å². The van der Waals surface area contributed by atoms with Crippen molar-refractivity contribution in [2.45, 2.75) is 32.2 Å². The lowest BCUT2D eigenvalue weighted by Crippen LogP contribution is -3.00. The Morgan fingerprint density at radius 1 is 1.31 bits per heavy atom. The molecule has 0 fully saturated rings. The first kappa shape index (κ1) is 10.6. The molecule has 0 aliphatic heterocycles. The van der Waals surface area contributed by atoms with Crippen molar-refractivity contribution >= 4 is 0 Å². The van der Waals surface area contributed by atoms with Gasteiger partial charge in [0, 0.05) is 12.8 Å². The van der Waals surface area contributed by atoms with Crippen LogP contribution in [0.3, 0.4) is 0 Å². The molecule has 0 radical (unpaired) electrons. The van der Waals surface area contributed by atoms with E-state index in [9.17, 15) is 0 Å². The molecule has 1 nitrogen and oxygen atoms in total. The van der Waals surface area contributed by atoms with Gasteiger partial charge in [0.2, 0.25) is 0 Å². The Balaban J connectivity index is 0.000000845. The smallest absolute Gasteiger partial charge is 0.0887 e. The topological polar surface area (TPSA) is 27.6 Å². The monoisotopic (exact) mass is 197 g/mol. The molecule has 13 heavy (non-hydrogen) atoms. The molecular formula is C11H16ClN. The van der Waals surface area contributed by atoms with Crippen molar-refractivity contribution < 1.29 is 18.1 Å². The Hall–Kier alpha value is -0.530. The number of benzene rings is 1. The highest BCUT2D eigenvalue weighted by Gasteiger charge is 2.16. The van der Waals surface area contributed by atoms with Crippen molar-refractivity contribution in [3.8, 4) is 0 Å². The summed E-state index contributed by atoms with van der Waals surface area (Å²) < 4.78 is 0. The largest absolute Gasteiger partial charge is 1.00 e. The van der Waals surface area contributed by atoms with E-state index < -0.39 is 0 Å². The fourth-order valence-corrected chi connectivity index (χ4v) is 1.96. The molecule has 0 heterocycles. The van der Waals surface area contributed by atoms with Crippen LogP contribution >= 0.6 is 0 Å². The van der Waals surface area contributed by atoms with E-state index in [2.05, 4.69) is 30.9 Å². The molecule has 1 atom stereocenters. The van der Waals surface area contributed by atoms with Crippen molar-refractivity contribution in [3.05, 3.63) is 34.9 Å². The van der Waals surface area contributed by atoms with Crippen LogP contribution < -0.4 is 18.1 Å². The fourth-order valence-electron chi connectivity index (χ4n) is 1.96. The van der Waals surface area contributed by atoms with Crippen molar-refractivity contribution in [2.24, 2.45) is 0 Å². The molecule has 0 amide bonds. The lowest BCUT2D eigenvalue weighted by molar-refractivity contribution is -0.421. The molecule has 0 saturated carbocycles. The molecule has 2 rings (SSSR count). The molecule has 1 aromatic rings. The van der Waals surface area contributed by atoms with Crippen LogP contribution in [-0.2, 0) is 12.8 Å². The highest BCUT2D eigenvalue weighted by Crippen LogP contribution is 2.20. The maximum Gasteiger partial charge on any atom is 0.0887 e. The maximum atomic E-state index is 4.12. The van der Waals surface area contributed by atoms with Crippen LogP contribution in [0.15, 0.2) is 18.2 Å². The molecule has 1 aliphatic carbocycles. The third-order valence-corrected chi connectivity index (χ3v) is 2.69. The van der Waals surface area contributed by atoms with Gasteiger partial charge in [-0.3, -0.25) is 0 Å². The summed E-state index contributed by atoms with van der Waals surface area (Å²) in [4.78, 5) is 0. The number of aryl methyl sites for hydroxylation is 2. The fraction of sp³-hybridized carbons (Fsp3) is 0.455. The van der Waals surface area contributed by atoms with E-state index in [0.29, 0.717) is 6.04 Å². The van der Waals surface area contributed by atoms with E-state index in [1.165, 1.54) is 30.4 Å². The molecule has 2 heteroatoms. The van der Waals surface area contributed by atoms with E-state index in [1.807, 2.05) is 0 Å². The molecular weight excluding hydrogens is 182 g/mol. The van der Waals surface area contributed by atoms with Crippen LogP contribution in [0.4, 0.5) is 0 Å². The average molecular weight is 198 g/mol. The molecule has 1 aliphatic rings. The highest BCUT2D eigenvalue weighted by molar-refractivity contribution is 5.33. The number of hydrogen-bond donors (Lipinski definition) is 1. The summed E-state index contributed by atoms with van der Waals surface area (Å²) in [7, 11) is 0. The molecule has 0 spiro atoms. The Labute approximate surface area is 85.7 Å². The summed E-state index contributed by atoms with van der Waals surface area (Å²) in [5, 5.41) is 0. The second-order valence-electron chi connectivity index (χ2n) is 3.88. The van der Waals surface area contributed by atoms with E-state index >= 15 is 0 Å². The van der Waals surface area contributed by atoms with Crippen molar-refractivity contribution in [1.82, 2.24) is 0 Å². The minimum absolute atomic E-state index is 0. The molecule has 72 valence electrons. The van der Waals surface area contributed by atoms with Gasteiger partial charge in [-0.1, -0.05) is 23.8 Å². The molecule has 1 unspecified atom stereocenters. The predicted molar refractivity (Wildman–Crippen MR) is 49.9 cm³/mol. The van der Waals surface area contributed by atoms with Crippen LogP contribution in [0, 0.1) is 6.92 Å². The summed E-state index contributed by atoms with van der Waals surface area (Å²) in [5.74, 6) is 0. The van der Waals surface area contributed by atoms with Crippen LogP contribution in [0.5, 0.6) is 0 Å². The first-order valence-electron chi connectivity index (χ1n) is 4.67. The zero-order valence-electron chi connectivity index (χ0n) is 8.02. The third kappa shape index (κ3) is 2.23. The standard InChI is InChI=1S/C11H15N.ClH/c1-8-2-3-10-7-11(12)5-4-9(10)6-8;/h2-3,6,11H,4-5,7,12H2,1H3;1H. The SMILES string of the molecule is Cc1ccc2c(c1)CCC([NH3+])C2.[Cl-]. The zero-order valence-corrected chi connectivity index (χ0v) is 8.77. The van der Waals surface area contributed by atoms with Crippen molar-refractivity contribution in [1.29, 1.82) is 0 Å². The Morgan fingerprint density at radius 2 is 2.08 bits per heavy atom. The summed E-state index contributed by atoms with van der Waals surface area (Å²) in [5.41, 5.74) is 8.58. The lowest BCUT2D eigenvalue weighted by Gasteiger charge is -2.19. The van der Waals surface area contributed by atoms with Gasteiger partial charge in [0.05, 0.1) is 6.04 Å². The lowest BCUT2D eigenvalue weighted by atomic mass is 9.88. The summed E-state index contributed by atoms with van der Waals surface area (Å²) in [6, 6.07) is 7.43. The summed E-state index contributed by atoms with van der Waals surface area (Å²) in [6.45, 7) is 2.16. The molecule has 0 saturated heterocycles. The maximum absolute atomic E-state index is 4.12. The first-order chi connectivity index (χ1) is 5.75. The van der Waals surface area contributed by atoms with Gasteiger partial charge in [0.15, 0.2) is 0 Å². The molecule has 3 N–H and O–H groups in total. The van der Waals surface area contributed by atoms with E-state index in [4.69, 9.17) is 0 Å². The first-order valence-corrected chi connectivity index (χ1v) is 4.67. The van der Waals surface area contributed by atoms with Gasteiger partial charge in [-0.05, 0) is 24.5 Å². The van der Waals surface area contributed by atoms with E-state index in [-0.39, 0.29) is 12.4 Å². The number of halogens is 1. The van der Waals surface area contributed by atoms with Gasteiger partial charge in [-0.15, -0.1) is 0 Å². The quantitative estimate of drug-likeness (QED) is 0.504. The summed E-state index contributed by atoms with van der Waals surface area (Å²) >= 11 is 0. The van der Waals surface area contributed by atoms with Crippen LogP contribution in [-0.4, -0.2) is 6.04 Å². The third-order valence-electron chi connectivity index (χ3n) is 2.69. The normalized spacial score (nSPS) is 20.3. The number of hydrogen-bond acceptors (Lipinski definition) is 0.